The Morgan fingerprint density at radius 2 is 2.27 bits per heavy atom. The third kappa shape index (κ3) is 2.77. The monoisotopic (exact) mass is 230 g/mol. The molecule has 1 aliphatic heterocycles. The van der Waals surface area contributed by atoms with Crippen LogP contribution in [0.1, 0.15) is 12.8 Å². The van der Waals surface area contributed by atoms with Crippen LogP contribution in [0.4, 0.5) is 11.1 Å². The van der Waals surface area contributed by atoms with Crippen LogP contribution in [-0.4, -0.2) is 39.8 Å². The highest BCUT2D eigenvalue weighted by molar-refractivity contribution is 7.09. The van der Waals surface area contributed by atoms with Crippen molar-refractivity contribution < 1.29 is 9.84 Å². The van der Waals surface area contributed by atoms with Gasteiger partial charge in [-0.25, -0.2) is 0 Å². The number of nitrogen functional groups attached to an aromatic ring is 1. The van der Waals surface area contributed by atoms with Crippen molar-refractivity contribution in [1.29, 1.82) is 0 Å². The summed E-state index contributed by atoms with van der Waals surface area (Å²) in [4.78, 5) is 3.96. The van der Waals surface area contributed by atoms with Crippen molar-refractivity contribution in [2.45, 2.75) is 18.4 Å². The van der Waals surface area contributed by atoms with Crippen molar-refractivity contribution in [3.8, 4) is 0 Å². The Morgan fingerprint density at radius 3 is 2.87 bits per heavy atom. The lowest BCUT2D eigenvalue weighted by molar-refractivity contribution is -0.0543. The molecule has 0 aliphatic carbocycles. The van der Waals surface area contributed by atoms with Crippen LogP contribution in [0.3, 0.4) is 0 Å². The normalized spacial score (nSPS) is 20.1. The summed E-state index contributed by atoms with van der Waals surface area (Å²) in [5.74, 6) is 0.265. The molecule has 7 heteroatoms. The molecule has 15 heavy (non-hydrogen) atoms. The van der Waals surface area contributed by atoms with Crippen molar-refractivity contribution >= 4 is 22.6 Å². The van der Waals surface area contributed by atoms with Crippen LogP contribution in [0.25, 0.3) is 0 Å². The molecule has 0 unspecified atom stereocenters. The van der Waals surface area contributed by atoms with E-state index in [2.05, 4.69) is 14.7 Å². The first kappa shape index (κ1) is 10.6. The second-order valence-corrected chi connectivity index (χ2v) is 4.40. The molecule has 0 aromatic carbocycles. The number of hydrogen-bond acceptors (Lipinski definition) is 7. The summed E-state index contributed by atoms with van der Waals surface area (Å²) in [7, 11) is 0. The third-order valence-corrected chi connectivity index (χ3v) is 3.12. The second-order valence-electron chi connectivity index (χ2n) is 3.65. The lowest BCUT2D eigenvalue weighted by atomic mass is 9.95. The standard InChI is InChI=1S/C8H14N4O2S/c9-6-11-7(15-12-6)10-5-8(13)1-3-14-4-2-8/h13H,1-5H2,(H3,9,10,11,12). The van der Waals surface area contributed by atoms with Crippen LogP contribution in [0.2, 0.25) is 0 Å². The fourth-order valence-corrected chi connectivity index (χ4v) is 1.97. The predicted molar refractivity (Wildman–Crippen MR) is 57.8 cm³/mol. The molecule has 6 nitrogen and oxygen atoms in total. The van der Waals surface area contributed by atoms with Gasteiger partial charge in [0.2, 0.25) is 11.1 Å². The van der Waals surface area contributed by atoms with Crippen molar-refractivity contribution in [2.75, 3.05) is 30.8 Å². The highest BCUT2D eigenvalue weighted by Gasteiger charge is 2.29. The van der Waals surface area contributed by atoms with Gasteiger partial charge in [0.1, 0.15) is 0 Å². The minimum Gasteiger partial charge on any atom is -0.388 e. The predicted octanol–water partition coefficient (Wildman–Crippen LogP) is 0.0737. The second kappa shape index (κ2) is 4.30. The first-order chi connectivity index (χ1) is 7.18. The Hall–Kier alpha value is -0.920. The summed E-state index contributed by atoms with van der Waals surface area (Å²) in [5, 5.41) is 13.8. The lowest BCUT2D eigenvalue weighted by Gasteiger charge is -2.31. The van der Waals surface area contributed by atoms with Gasteiger partial charge in [-0.3, -0.25) is 0 Å². The van der Waals surface area contributed by atoms with E-state index < -0.39 is 5.60 Å². The number of aliphatic hydroxyl groups is 1. The number of anilines is 2. The molecule has 0 bridgehead atoms. The summed E-state index contributed by atoms with van der Waals surface area (Å²) >= 11 is 1.20. The lowest BCUT2D eigenvalue weighted by Crippen LogP contribution is -2.42. The van der Waals surface area contributed by atoms with E-state index in [1.807, 2.05) is 0 Å². The summed E-state index contributed by atoms with van der Waals surface area (Å²) in [5.41, 5.74) is 4.69. The zero-order valence-electron chi connectivity index (χ0n) is 8.27. The fourth-order valence-electron chi connectivity index (χ4n) is 1.47. The first-order valence-electron chi connectivity index (χ1n) is 4.81. The molecule has 1 aliphatic rings. The molecular formula is C8H14N4O2S. The quantitative estimate of drug-likeness (QED) is 0.680. The van der Waals surface area contributed by atoms with Gasteiger partial charge in [-0.15, -0.1) is 0 Å². The third-order valence-electron chi connectivity index (χ3n) is 2.43. The highest BCUT2D eigenvalue weighted by Crippen LogP contribution is 2.21. The first-order valence-corrected chi connectivity index (χ1v) is 5.58. The van der Waals surface area contributed by atoms with Gasteiger partial charge in [-0.05, 0) is 0 Å². The number of nitrogens with zero attached hydrogens (tertiary/aromatic N) is 2. The minimum absolute atomic E-state index is 0.265. The number of hydrogen-bond donors (Lipinski definition) is 3. The van der Waals surface area contributed by atoms with Crippen molar-refractivity contribution in [3.05, 3.63) is 0 Å². The molecule has 0 atom stereocenters. The topological polar surface area (TPSA) is 93.3 Å². The molecule has 0 saturated carbocycles. The van der Waals surface area contributed by atoms with E-state index in [9.17, 15) is 5.11 Å². The highest BCUT2D eigenvalue weighted by atomic mass is 32.1. The van der Waals surface area contributed by atoms with Crippen LogP contribution in [-0.2, 0) is 4.74 Å². The van der Waals surface area contributed by atoms with Crippen molar-refractivity contribution in [1.82, 2.24) is 9.36 Å². The zero-order chi connectivity index (χ0) is 10.7. The number of rotatable bonds is 3. The molecule has 1 saturated heterocycles. The molecule has 0 spiro atoms. The Morgan fingerprint density at radius 1 is 1.53 bits per heavy atom. The van der Waals surface area contributed by atoms with E-state index in [-0.39, 0.29) is 5.95 Å². The minimum atomic E-state index is -0.696. The molecule has 2 heterocycles. The van der Waals surface area contributed by atoms with Crippen LogP contribution >= 0.6 is 11.5 Å². The Bertz CT molecular complexity index is 324. The zero-order valence-corrected chi connectivity index (χ0v) is 9.09. The van der Waals surface area contributed by atoms with E-state index >= 15 is 0 Å². The molecule has 2 rings (SSSR count). The van der Waals surface area contributed by atoms with Crippen molar-refractivity contribution in [2.24, 2.45) is 0 Å². The van der Waals surface area contributed by atoms with Gasteiger partial charge < -0.3 is 20.9 Å². The van der Waals surface area contributed by atoms with Gasteiger partial charge >= 0.3 is 0 Å². The summed E-state index contributed by atoms with van der Waals surface area (Å²) < 4.78 is 9.03. The molecular weight excluding hydrogens is 216 g/mol. The van der Waals surface area contributed by atoms with Crippen LogP contribution in [0.5, 0.6) is 0 Å². The van der Waals surface area contributed by atoms with E-state index in [0.717, 1.165) is 0 Å². The maximum absolute atomic E-state index is 10.1. The average molecular weight is 230 g/mol. The van der Waals surface area contributed by atoms with E-state index in [1.54, 1.807) is 0 Å². The molecule has 4 N–H and O–H groups in total. The maximum atomic E-state index is 10.1. The molecule has 84 valence electrons. The largest absolute Gasteiger partial charge is 0.388 e. The summed E-state index contributed by atoms with van der Waals surface area (Å²) in [6.07, 6.45) is 1.29. The number of aromatic nitrogens is 2. The van der Waals surface area contributed by atoms with Gasteiger partial charge in [0.15, 0.2) is 0 Å². The van der Waals surface area contributed by atoms with E-state index in [0.29, 0.717) is 37.7 Å². The van der Waals surface area contributed by atoms with Crippen molar-refractivity contribution in [3.63, 3.8) is 0 Å². The Kier molecular flexibility index (Phi) is 3.03. The maximum Gasteiger partial charge on any atom is 0.233 e. The Balaban J connectivity index is 1.86. The smallest absolute Gasteiger partial charge is 0.233 e. The number of nitrogens with two attached hydrogens (primary N) is 1. The van der Waals surface area contributed by atoms with Crippen LogP contribution in [0, 0.1) is 0 Å². The molecule has 0 radical (unpaired) electrons. The van der Waals surface area contributed by atoms with Gasteiger partial charge in [0, 0.05) is 44.1 Å². The van der Waals surface area contributed by atoms with Gasteiger partial charge in [0.25, 0.3) is 0 Å². The Labute approximate surface area is 91.6 Å². The summed E-state index contributed by atoms with van der Waals surface area (Å²) in [6, 6.07) is 0. The number of nitrogens with one attached hydrogen (secondary N) is 1. The van der Waals surface area contributed by atoms with Crippen LogP contribution in [0.15, 0.2) is 0 Å². The molecule has 1 fully saturated rings. The van der Waals surface area contributed by atoms with Gasteiger partial charge in [-0.2, -0.15) is 9.36 Å². The summed E-state index contributed by atoms with van der Waals surface area (Å²) in [6.45, 7) is 1.68. The van der Waals surface area contributed by atoms with E-state index in [4.69, 9.17) is 10.5 Å². The molecule has 1 aromatic heterocycles. The SMILES string of the molecule is Nc1nsc(NCC2(O)CCOCC2)n1. The number of ether oxygens (including phenoxy) is 1. The fraction of sp³-hybridized carbons (Fsp3) is 0.750. The van der Waals surface area contributed by atoms with E-state index in [1.165, 1.54) is 11.5 Å². The average Bonchev–Trinajstić information content (AvgIpc) is 2.63. The molecule has 1 aromatic rings. The van der Waals surface area contributed by atoms with Crippen LogP contribution < -0.4 is 11.1 Å². The molecule has 0 amide bonds. The van der Waals surface area contributed by atoms with Gasteiger partial charge in [0.05, 0.1) is 5.60 Å². The van der Waals surface area contributed by atoms with Gasteiger partial charge in [-0.1, -0.05) is 0 Å².